The third kappa shape index (κ3) is 3.53. The summed E-state index contributed by atoms with van der Waals surface area (Å²) in [5.41, 5.74) is 0. The maximum absolute atomic E-state index is 10.3. The van der Waals surface area contributed by atoms with Gasteiger partial charge in [0.15, 0.2) is 0 Å². The molecule has 0 radical (unpaired) electrons. The topological polar surface area (TPSA) is 41.5 Å². The Bertz CT molecular complexity index is 135. The second-order valence-electron chi connectivity index (χ2n) is 1.08. The van der Waals surface area contributed by atoms with E-state index in [9.17, 15) is 4.21 Å². The molecule has 9 heavy (non-hydrogen) atoms. The Morgan fingerprint density at radius 1 is 1.67 bits per heavy atom. The molecule has 0 saturated carbocycles. The summed E-state index contributed by atoms with van der Waals surface area (Å²) < 4.78 is 16.6. The molecule has 0 saturated heterocycles. The molecule has 0 amide bonds. The summed E-state index contributed by atoms with van der Waals surface area (Å²) in [7, 11) is 0.0644. The first-order valence-corrected chi connectivity index (χ1v) is 5.13. The second-order valence-corrected chi connectivity index (χ2v) is 3.42. The first kappa shape index (κ1) is 8.97. The number of hydrogen-bond donors (Lipinski definition) is 1. The highest BCUT2D eigenvalue weighted by Gasteiger charge is 2.06. The van der Waals surface area contributed by atoms with Gasteiger partial charge in [0, 0.05) is 0 Å². The molecule has 5 heteroatoms. The van der Waals surface area contributed by atoms with Gasteiger partial charge in [-0.25, -0.2) is 4.21 Å². The summed E-state index contributed by atoms with van der Waals surface area (Å²) in [6.45, 7) is 5.78. The van der Waals surface area contributed by atoms with Gasteiger partial charge >= 0.3 is 0 Å². The fourth-order valence-corrected chi connectivity index (χ4v) is 1.87. The minimum absolute atomic E-state index is 0.739. The molecule has 0 bridgehead atoms. The molecule has 1 unspecified atom stereocenters. The maximum atomic E-state index is 10.3. The van der Waals surface area contributed by atoms with E-state index in [4.69, 9.17) is 0 Å². The summed E-state index contributed by atoms with van der Waals surface area (Å²) in [6.07, 6.45) is 0. The van der Waals surface area contributed by atoms with Crippen LogP contribution in [-0.2, 0) is 10.0 Å². The van der Waals surface area contributed by atoms with E-state index in [2.05, 4.69) is 9.12 Å². The molecule has 3 nitrogen and oxygen atoms in total. The molecule has 0 aromatic heterocycles. The zero-order valence-corrected chi connectivity index (χ0v) is 7.30. The van der Waals surface area contributed by atoms with Gasteiger partial charge in [-0.1, -0.05) is 13.8 Å². The summed E-state index contributed by atoms with van der Waals surface area (Å²) in [4.78, 5) is 0. The molecule has 0 fully saturated rings. The van der Waals surface area contributed by atoms with Gasteiger partial charge in [-0.15, -0.1) is 0 Å². The van der Waals surface area contributed by atoms with Crippen molar-refractivity contribution in [1.29, 1.82) is 0 Å². The molecule has 0 aromatic carbocycles. The lowest BCUT2D eigenvalue weighted by Crippen LogP contribution is -2.03. The first-order chi connectivity index (χ1) is 4.29. The fourth-order valence-electron chi connectivity index (χ4n) is 0.245. The summed E-state index contributed by atoms with van der Waals surface area (Å²) in [5, 5.41) is 0. The summed E-state index contributed by atoms with van der Waals surface area (Å²) in [6, 6.07) is 0. The Balaban J connectivity index is 0.000000291. The smallest absolute Gasteiger partial charge is 0.224 e. The lowest BCUT2D eigenvalue weighted by molar-refractivity contribution is 0.693. The zero-order valence-electron chi connectivity index (χ0n) is 5.67. The summed E-state index contributed by atoms with van der Waals surface area (Å²) in [5.74, 6) is 0.739. The number of rotatable bonds is 0. The monoisotopic (exact) mass is 166 g/mol. The van der Waals surface area contributed by atoms with Gasteiger partial charge in [-0.05, 0) is 6.92 Å². The van der Waals surface area contributed by atoms with E-state index in [1.165, 1.54) is 0 Å². The molecule has 1 N–H and O–H groups in total. The van der Waals surface area contributed by atoms with E-state index in [-0.39, 0.29) is 0 Å². The van der Waals surface area contributed by atoms with Gasteiger partial charge in [-0.3, -0.25) is 0 Å². The van der Waals surface area contributed by atoms with Crippen LogP contribution in [0.4, 0.5) is 0 Å². The Morgan fingerprint density at radius 3 is 2.33 bits per heavy atom. The van der Waals surface area contributed by atoms with Crippen LogP contribution >= 0.6 is 11.0 Å². The van der Waals surface area contributed by atoms with E-state index >= 15 is 0 Å². The van der Waals surface area contributed by atoms with Gasteiger partial charge in [0.25, 0.3) is 0 Å². The quantitative estimate of drug-likeness (QED) is 0.435. The molecule has 0 spiro atoms. The molecular formula is C4H10N2OS2. The van der Waals surface area contributed by atoms with E-state index in [1.807, 2.05) is 13.8 Å². The van der Waals surface area contributed by atoms with Crippen molar-refractivity contribution in [2.45, 2.75) is 20.8 Å². The summed E-state index contributed by atoms with van der Waals surface area (Å²) >= 11 is 0. The molecule has 1 aliphatic heterocycles. The minimum atomic E-state index is -1.06. The Kier molecular flexibility index (Phi) is 4.80. The van der Waals surface area contributed by atoms with Gasteiger partial charge < -0.3 is 4.72 Å². The largest absolute Gasteiger partial charge is 0.305 e. The average Bonchev–Trinajstić information content (AvgIpc) is 2.20. The van der Waals surface area contributed by atoms with Crippen molar-refractivity contribution < 1.29 is 4.21 Å². The predicted octanol–water partition coefficient (Wildman–Crippen LogP) is 1.26. The highest BCUT2D eigenvalue weighted by atomic mass is 33.1. The third-order valence-electron chi connectivity index (χ3n) is 0.472. The van der Waals surface area contributed by atoms with Crippen molar-refractivity contribution in [2.24, 2.45) is 4.40 Å². The van der Waals surface area contributed by atoms with Gasteiger partial charge in [0.1, 0.15) is 5.84 Å². The second kappa shape index (κ2) is 4.81. The van der Waals surface area contributed by atoms with E-state index in [0.29, 0.717) is 0 Å². The van der Waals surface area contributed by atoms with E-state index in [0.717, 1.165) is 16.8 Å². The number of amidine groups is 1. The minimum Gasteiger partial charge on any atom is -0.305 e. The normalized spacial score (nSPS) is 23.4. The third-order valence-corrected chi connectivity index (χ3v) is 2.32. The number of nitrogens with one attached hydrogen (secondary N) is 1. The van der Waals surface area contributed by atoms with Crippen molar-refractivity contribution in [1.82, 2.24) is 4.72 Å². The van der Waals surface area contributed by atoms with Crippen LogP contribution in [-0.4, -0.2) is 10.0 Å². The fraction of sp³-hybridized carbons (Fsp3) is 0.750. The van der Waals surface area contributed by atoms with Crippen molar-refractivity contribution in [3.63, 3.8) is 0 Å². The number of nitrogens with zero attached hydrogens (tertiary/aromatic N) is 1. The first-order valence-electron chi connectivity index (χ1n) is 2.69. The molecular weight excluding hydrogens is 156 g/mol. The SMILES string of the molecule is CC.CC1=NS(=O)SN1. The van der Waals surface area contributed by atoms with Gasteiger partial charge in [0.2, 0.25) is 10.0 Å². The van der Waals surface area contributed by atoms with E-state index in [1.54, 1.807) is 6.92 Å². The lowest BCUT2D eigenvalue weighted by Gasteiger charge is -1.81. The standard InChI is InChI=1S/C2H4N2OS2.C2H6/c1-2-3-6-7(5)4-2;1-2/h1H3,(H,3,4);1-2H3. The van der Waals surface area contributed by atoms with Crippen LogP contribution in [0.5, 0.6) is 0 Å². The van der Waals surface area contributed by atoms with Crippen LogP contribution in [0.15, 0.2) is 4.40 Å². The molecule has 1 aliphatic rings. The van der Waals surface area contributed by atoms with Crippen molar-refractivity contribution in [2.75, 3.05) is 0 Å². The van der Waals surface area contributed by atoms with Gasteiger partial charge in [0.05, 0.1) is 11.0 Å². The molecule has 1 atom stereocenters. The van der Waals surface area contributed by atoms with Gasteiger partial charge in [-0.2, -0.15) is 4.40 Å². The van der Waals surface area contributed by atoms with Crippen LogP contribution < -0.4 is 4.72 Å². The van der Waals surface area contributed by atoms with E-state index < -0.39 is 10.0 Å². The van der Waals surface area contributed by atoms with Crippen molar-refractivity contribution in [3.05, 3.63) is 0 Å². The Labute approximate surface area is 61.4 Å². The Morgan fingerprint density at radius 2 is 2.22 bits per heavy atom. The predicted molar refractivity (Wildman–Crippen MR) is 43.3 cm³/mol. The zero-order chi connectivity index (χ0) is 7.28. The average molecular weight is 166 g/mol. The van der Waals surface area contributed by atoms with Crippen molar-refractivity contribution >= 4 is 26.8 Å². The molecule has 0 aliphatic carbocycles. The van der Waals surface area contributed by atoms with Crippen LogP contribution in [0.3, 0.4) is 0 Å². The van der Waals surface area contributed by atoms with Crippen molar-refractivity contribution in [3.8, 4) is 0 Å². The molecule has 1 heterocycles. The van der Waals surface area contributed by atoms with Crippen LogP contribution in [0.1, 0.15) is 20.8 Å². The molecule has 54 valence electrons. The highest BCUT2D eigenvalue weighted by Crippen LogP contribution is 2.09. The maximum Gasteiger partial charge on any atom is 0.224 e. The highest BCUT2D eigenvalue weighted by molar-refractivity contribution is 8.68. The lowest BCUT2D eigenvalue weighted by atomic mass is 10.8. The van der Waals surface area contributed by atoms with Crippen LogP contribution in [0, 0.1) is 0 Å². The van der Waals surface area contributed by atoms with Crippen LogP contribution in [0.25, 0.3) is 0 Å². The van der Waals surface area contributed by atoms with Crippen LogP contribution in [0.2, 0.25) is 0 Å². The Hall–Kier alpha value is -0.0300. The molecule has 1 rings (SSSR count). The molecule has 0 aromatic rings. The number of hydrogen-bond acceptors (Lipinski definition) is 3.